The lowest BCUT2D eigenvalue weighted by atomic mass is 10.0. The van der Waals surface area contributed by atoms with Gasteiger partial charge in [-0.25, -0.2) is 9.97 Å². The van der Waals surface area contributed by atoms with Crippen LogP contribution in [0.3, 0.4) is 0 Å². The second kappa shape index (κ2) is 5.41. The molecule has 1 amide bonds. The molecule has 5 heteroatoms. The molecule has 1 aliphatic rings. The predicted octanol–water partition coefficient (Wildman–Crippen LogP) is 3.44. The molecule has 1 aromatic carbocycles. The Hall–Kier alpha value is -3.21. The minimum absolute atomic E-state index is 0.0480. The van der Waals surface area contributed by atoms with Crippen LogP contribution >= 0.6 is 0 Å². The highest BCUT2D eigenvalue weighted by molar-refractivity contribution is 6.16. The van der Waals surface area contributed by atoms with Crippen molar-refractivity contribution in [2.45, 2.75) is 18.9 Å². The fourth-order valence-corrected chi connectivity index (χ4v) is 3.28. The third-order valence-corrected chi connectivity index (χ3v) is 4.61. The molecular weight excluding hydrogens is 312 g/mol. The van der Waals surface area contributed by atoms with Gasteiger partial charge >= 0.3 is 0 Å². The van der Waals surface area contributed by atoms with Crippen molar-refractivity contribution in [1.82, 2.24) is 19.7 Å². The van der Waals surface area contributed by atoms with E-state index < -0.39 is 0 Å². The number of carbonyl (C=O) groups is 1. The minimum Gasteiger partial charge on any atom is -0.349 e. The zero-order valence-electron chi connectivity index (χ0n) is 13.5. The third kappa shape index (κ3) is 2.28. The Morgan fingerprint density at radius 3 is 2.64 bits per heavy atom. The summed E-state index contributed by atoms with van der Waals surface area (Å²) in [6, 6.07) is 16.1. The van der Waals surface area contributed by atoms with E-state index in [1.54, 1.807) is 6.33 Å². The number of fused-ring (bicyclic) bond motifs is 3. The van der Waals surface area contributed by atoms with Crippen molar-refractivity contribution in [1.29, 1.82) is 0 Å². The monoisotopic (exact) mass is 328 g/mol. The van der Waals surface area contributed by atoms with Gasteiger partial charge in [-0.3, -0.25) is 4.79 Å². The fraction of sp³-hybridized carbons (Fsp3) is 0.150. The molecule has 1 saturated carbocycles. The SMILES string of the molecule is O=C(NC1CC1)c1c2c(-c3ccccc3)ncnc2n2ccccc12. The van der Waals surface area contributed by atoms with E-state index >= 15 is 0 Å². The number of hydrogen-bond donors (Lipinski definition) is 1. The second-order valence-electron chi connectivity index (χ2n) is 6.37. The minimum atomic E-state index is -0.0480. The van der Waals surface area contributed by atoms with Crippen molar-refractivity contribution in [3.8, 4) is 11.3 Å². The molecule has 0 saturated heterocycles. The molecule has 0 spiro atoms. The Labute approximate surface area is 144 Å². The topological polar surface area (TPSA) is 59.3 Å². The van der Waals surface area contributed by atoms with Gasteiger partial charge in [-0.1, -0.05) is 36.4 Å². The van der Waals surface area contributed by atoms with E-state index in [2.05, 4.69) is 15.3 Å². The van der Waals surface area contributed by atoms with Gasteiger partial charge < -0.3 is 9.72 Å². The lowest BCUT2D eigenvalue weighted by molar-refractivity contribution is 0.0954. The summed E-state index contributed by atoms with van der Waals surface area (Å²) in [6.07, 6.45) is 5.61. The molecule has 0 atom stereocenters. The van der Waals surface area contributed by atoms with Gasteiger partial charge in [-0.05, 0) is 25.0 Å². The van der Waals surface area contributed by atoms with Gasteiger partial charge in [-0.15, -0.1) is 0 Å². The zero-order chi connectivity index (χ0) is 16.8. The molecule has 25 heavy (non-hydrogen) atoms. The van der Waals surface area contributed by atoms with Crippen molar-refractivity contribution >= 4 is 22.5 Å². The summed E-state index contributed by atoms with van der Waals surface area (Å²) >= 11 is 0. The van der Waals surface area contributed by atoms with Gasteiger partial charge in [-0.2, -0.15) is 0 Å². The standard InChI is InChI=1S/C20H16N4O/c25-20(23-14-9-10-14)16-15-8-4-5-11-24(15)19-17(16)18(21-12-22-19)13-6-2-1-3-7-13/h1-8,11-12,14H,9-10H2,(H,23,25). The number of benzene rings is 1. The first-order valence-electron chi connectivity index (χ1n) is 8.43. The highest BCUT2D eigenvalue weighted by Crippen LogP contribution is 2.33. The van der Waals surface area contributed by atoms with Crippen LogP contribution in [0, 0.1) is 0 Å². The maximum atomic E-state index is 13.0. The van der Waals surface area contributed by atoms with E-state index in [0.717, 1.165) is 40.6 Å². The van der Waals surface area contributed by atoms with Crippen molar-refractivity contribution < 1.29 is 4.79 Å². The van der Waals surface area contributed by atoms with Crippen molar-refractivity contribution in [2.24, 2.45) is 0 Å². The summed E-state index contributed by atoms with van der Waals surface area (Å²) in [5.41, 5.74) is 4.03. The molecule has 4 aromatic rings. The summed E-state index contributed by atoms with van der Waals surface area (Å²) in [6.45, 7) is 0. The first-order chi connectivity index (χ1) is 12.3. The molecule has 3 aromatic heterocycles. The predicted molar refractivity (Wildman–Crippen MR) is 96.4 cm³/mol. The zero-order valence-corrected chi connectivity index (χ0v) is 13.5. The van der Waals surface area contributed by atoms with Gasteiger partial charge in [0.05, 0.1) is 22.2 Å². The molecule has 3 heterocycles. The summed E-state index contributed by atoms with van der Waals surface area (Å²) in [7, 11) is 0. The van der Waals surface area contributed by atoms with E-state index in [-0.39, 0.29) is 5.91 Å². The molecule has 1 fully saturated rings. The average Bonchev–Trinajstić information content (AvgIpc) is 3.41. The van der Waals surface area contributed by atoms with E-state index in [4.69, 9.17) is 0 Å². The van der Waals surface area contributed by atoms with Gasteiger partial charge in [0.2, 0.25) is 0 Å². The molecule has 0 radical (unpaired) electrons. The van der Waals surface area contributed by atoms with Crippen LogP contribution in [0.1, 0.15) is 23.2 Å². The lowest BCUT2D eigenvalue weighted by Gasteiger charge is -2.06. The van der Waals surface area contributed by atoms with Crippen LogP contribution in [0.15, 0.2) is 61.1 Å². The first-order valence-corrected chi connectivity index (χ1v) is 8.43. The summed E-state index contributed by atoms with van der Waals surface area (Å²) < 4.78 is 1.96. The molecule has 1 N–H and O–H groups in total. The quantitative estimate of drug-likeness (QED) is 0.627. The van der Waals surface area contributed by atoms with E-state index in [9.17, 15) is 4.79 Å². The Kier molecular flexibility index (Phi) is 3.06. The molecular formula is C20H16N4O. The fourth-order valence-electron chi connectivity index (χ4n) is 3.28. The van der Waals surface area contributed by atoms with E-state index in [0.29, 0.717) is 11.6 Å². The number of hydrogen-bond acceptors (Lipinski definition) is 3. The number of aromatic nitrogens is 3. The number of carbonyl (C=O) groups excluding carboxylic acids is 1. The highest BCUT2D eigenvalue weighted by atomic mass is 16.1. The summed E-state index contributed by atoms with van der Waals surface area (Å²) in [5.74, 6) is -0.0480. The number of nitrogens with zero attached hydrogens (tertiary/aromatic N) is 3. The normalized spacial score (nSPS) is 14.1. The van der Waals surface area contributed by atoms with Crippen LogP contribution < -0.4 is 5.32 Å². The smallest absolute Gasteiger partial charge is 0.254 e. The summed E-state index contributed by atoms with van der Waals surface area (Å²) in [4.78, 5) is 22.0. The summed E-state index contributed by atoms with van der Waals surface area (Å²) in [5, 5.41) is 3.92. The number of pyridine rings is 1. The number of nitrogens with one attached hydrogen (secondary N) is 1. The Bertz CT molecular complexity index is 1100. The van der Waals surface area contributed by atoms with Crippen LogP contribution in [-0.4, -0.2) is 26.3 Å². The molecule has 0 bridgehead atoms. The number of rotatable bonds is 3. The highest BCUT2D eigenvalue weighted by Gasteiger charge is 2.28. The molecule has 0 unspecified atom stereocenters. The van der Waals surface area contributed by atoms with Crippen LogP contribution in [0.4, 0.5) is 0 Å². The van der Waals surface area contributed by atoms with E-state index in [1.807, 2.05) is 59.1 Å². The molecule has 5 nitrogen and oxygen atoms in total. The largest absolute Gasteiger partial charge is 0.349 e. The second-order valence-corrected chi connectivity index (χ2v) is 6.37. The maximum Gasteiger partial charge on any atom is 0.254 e. The third-order valence-electron chi connectivity index (χ3n) is 4.61. The molecule has 0 aliphatic heterocycles. The van der Waals surface area contributed by atoms with Crippen LogP contribution in [0.5, 0.6) is 0 Å². The van der Waals surface area contributed by atoms with Gasteiger partial charge in [0.25, 0.3) is 5.91 Å². The first kappa shape index (κ1) is 14.2. The lowest BCUT2D eigenvalue weighted by Crippen LogP contribution is -2.25. The molecule has 122 valence electrons. The van der Waals surface area contributed by atoms with Crippen molar-refractivity contribution in [3.05, 3.63) is 66.6 Å². The molecule has 5 rings (SSSR count). The Morgan fingerprint density at radius 2 is 1.84 bits per heavy atom. The van der Waals surface area contributed by atoms with Crippen LogP contribution in [-0.2, 0) is 0 Å². The van der Waals surface area contributed by atoms with E-state index in [1.165, 1.54) is 0 Å². The van der Waals surface area contributed by atoms with Gasteiger partial charge in [0.1, 0.15) is 12.0 Å². The Morgan fingerprint density at radius 1 is 1.04 bits per heavy atom. The Balaban J connectivity index is 1.86. The van der Waals surface area contributed by atoms with Crippen molar-refractivity contribution in [3.63, 3.8) is 0 Å². The van der Waals surface area contributed by atoms with Crippen LogP contribution in [0.25, 0.3) is 27.8 Å². The average molecular weight is 328 g/mol. The van der Waals surface area contributed by atoms with Gasteiger partial charge in [0.15, 0.2) is 0 Å². The van der Waals surface area contributed by atoms with Gasteiger partial charge in [0, 0.05) is 17.8 Å². The van der Waals surface area contributed by atoms with Crippen molar-refractivity contribution in [2.75, 3.05) is 0 Å². The maximum absolute atomic E-state index is 13.0. The molecule has 1 aliphatic carbocycles. The number of amides is 1. The van der Waals surface area contributed by atoms with Crippen LogP contribution in [0.2, 0.25) is 0 Å².